The lowest BCUT2D eigenvalue weighted by molar-refractivity contribution is 0.124. The third-order valence-corrected chi connectivity index (χ3v) is 38.8. The van der Waals surface area contributed by atoms with Crippen molar-refractivity contribution in [3.05, 3.63) is 0 Å². The van der Waals surface area contributed by atoms with E-state index < -0.39 is 68.0 Å². The molecule has 3 atom stereocenters. The first-order valence-electron chi connectivity index (χ1n) is 15.2. The molecule has 41 heavy (non-hydrogen) atoms. The van der Waals surface area contributed by atoms with Crippen LogP contribution in [0.4, 0.5) is 0 Å². The highest BCUT2D eigenvalue weighted by Gasteiger charge is 2.57. The average Bonchev–Trinajstić information content (AvgIpc) is 2.79. The molecule has 0 radical (unpaired) electrons. The van der Waals surface area contributed by atoms with Crippen LogP contribution in [0.1, 0.15) is 0 Å². The van der Waals surface area contributed by atoms with E-state index in [9.17, 15) is 0 Å². The van der Waals surface area contributed by atoms with Gasteiger partial charge in [-0.05, 0) is 109 Å². The van der Waals surface area contributed by atoms with E-state index in [-0.39, 0.29) is 9.52 Å². The van der Waals surface area contributed by atoms with Gasteiger partial charge in [-0.3, -0.25) is 0 Å². The highest BCUT2D eigenvalue weighted by molar-refractivity contribution is 6.95. The Morgan fingerprint density at radius 2 is 0.976 bits per heavy atom. The van der Waals surface area contributed by atoms with Gasteiger partial charge in [0.2, 0.25) is 0 Å². The van der Waals surface area contributed by atoms with Crippen molar-refractivity contribution < 1.29 is 38.3 Å². The Bertz CT molecular complexity index is 806. The van der Waals surface area contributed by atoms with E-state index in [1.54, 1.807) is 21.3 Å². The second-order valence-electron chi connectivity index (χ2n) is 14.6. The van der Waals surface area contributed by atoms with E-state index in [0.29, 0.717) is 12.1 Å². The van der Waals surface area contributed by atoms with E-state index in [1.165, 1.54) is 0 Å². The lowest BCUT2D eigenvalue weighted by Crippen LogP contribution is -2.67. The molecule has 0 saturated carbocycles. The van der Waals surface area contributed by atoms with Gasteiger partial charge in [-0.15, -0.1) is 0 Å². The summed E-state index contributed by atoms with van der Waals surface area (Å²) in [6, 6.07) is 5.11. The van der Waals surface area contributed by atoms with Crippen LogP contribution in [-0.2, 0) is 38.3 Å². The van der Waals surface area contributed by atoms with Crippen LogP contribution in [-0.4, -0.2) is 105 Å². The monoisotopic (exact) mass is 736 g/mol. The number of rotatable bonds is 17. The van der Waals surface area contributed by atoms with Gasteiger partial charge in [0, 0.05) is 43.1 Å². The molecule has 1 aliphatic rings. The van der Waals surface area contributed by atoms with Crippen molar-refractivity contribution >= 4 is 77.5 Å². The van der Waals surface area contributed by atoms with Crippen LogP contribution in [0.3, 0.4) is 0 Å². The molecule has 3 unspecified atom stereocenters. The molecule has 1 rings (SSSR count). The van der Waals surface area contributed by atoms with Crippen LogP contribution in [0.15, 0.2) is 0 Å². The third kappa shape index (κ3) is 14.7. The molecule has 0 bridgehead atoms. The molecule has 1 aliphatic heterocycles. The van der Waals surface area contributed by atoms with E-state index in [1.807, 2.05) is 0 Å². The van der Waals surface area contributed by atoms with Crippen LogP contribution < -0.4 is 0 Å². The highest BCUT2D eigenvalue weighted by Crippen LogP contribution is 2.40. The predicted molar refractivity (Wildman–Crippen MR) is 192 cm³/mol. The fraction of sp³-hybridized carbons (Fsp3) is 1.00. The zero-order valence-corrected chi connectivity index (χ0v) is 38.7. The van der Waals surface area contributed by atoms with Crippen molar-refractivity contribution in [1.29, 1.82) is 0 Å². The molecular formula is C23H64O9Si9. The molecule has 0 aromatic rings. The fourth-order valence-corrected chi connectivity index (χ4v) is 48.7. The Morgan fingerprint density at radius 3 is 1.37 bits per heavy atom. The minimum Gasteiger partial charge on any atom is -0.456 e. The second kappa shape index (κ2) is 15.5. The molecule has 0 spiro atoms. The maximum absolute atomic E-state index is 7.33. The van der Waals surface area contributed by atoms with Crippen LogP contribution in [0.25, 0.3) is 0 Å². The zero-order chi connectivity index (χ0) is 32.0. The number of hydrogen-bond acceptors (Lipinski definition) is 9. The lowest BCUT2D eigenvalue weighted by atomic mass is 10.9. The van der Waals surface area contributed by atoms with E-state index >= 15 is 0 Å². The van der Waals surface area contributed by atoms with Crippen molar-refractivity contribution in [1.82, 2.24) is 0 Å². The van der Waals surface area contributed by atoms with Gasteiger partial charge in [0.15, 0.2) is 25.0 Å². The summed E-state index contributed by atoms with van der Waals surface area (Å²) in [4.78, 5) is 0. The lowest BCUT2D eigenvalue weighted by Gasteiger charge is -2.50. The minimum absolute atomic E-state index is 0.123. The van der Waals surface area contributed by atoms with Gasteiger partial charge < -0.3 is 38.3 Å². The SMILES string of the molecule is CO[Si](CC[Si]1(C)O[Si](C)(C)O[Si](C)(CC[Si](C)(C)OC[SiH2]C)O[Si](C)(CC[Si](C)(C)O[Si](C)(C)C)O1)(OC)OC. The molecule has 0 aromatic carbocycles. The highest BCUT2D eigenvalue weighted by atomic mass is 28.5. The van der Waals surface area contributed by atoms with Crippen molar-refractivity contribution in [3.8, 4) is 0 Å². The van der Waals surface area contributed by atoms with Crippen molar-refractivity contribution in [2.24, 2.45) is 0 Å². The molecule has 246 valence electrons. The normalized spacial score (nSPS) is 28.7. The van der Waals surface area contributed by atoms with Crippen LogP contribution in [0, 0.1) is 0 Å². The van der Waals surface area contributed by atoms with Crippen molar-refractivity contribution in [2.75, 3.05) is 27.6 Å². The quantitative estimate of drug-likeness (QED) is 0.160. The Labute approximate surface area is 263 Å². The van der Waals surface area contributed by atoms with Gasteiger partial charge >= 0.3 is 43.0 Å². The summed E-state index contributed by atoms with van der Waals surface area (Å²) in [6.07, 6.45) is 0.953. The summed E-state index contributed by atoms with van der Waals surface area (Å²) in [5.41, 5.74) is 0. The topological polar surface area (TPSA) is 83.1 Å². The Balaban J connectivity index is 3.40. The van der Waals surface area contributed by atoms with Crippen LogP contribution in [0.2, 0.25) is 121 Å². The Kier molecular flexibility index (Phi) is 15.3. The molecule has 1 saturated heterocycles. The molecule has 1 heterocycles. The van der Waals surface area contributed by atoms with Crippen LogP contribution in [0.5, 0.6) is 0 Å². The van der Waals surface area contributed by atoms with E-state index in [0.717, 1.165) is 30.4 Å². The molecular weight excluding hydrogens is 673 g/mol. The van der Waals surface area contributed by atoms with Gasteiger partial charge in [-0.2, -0.15) is 0 Å². The standard InChI is InChI=1S/C23H64O9Si9/c1-24-41(25-2,26-3)22-21-39(15)30-37(12,13)29-38(14,19-17-35(8,9)27-23-33-4)31-40(16,32-39)20-18-36(10,11)28-34(5,6)7/h17-23,33H2,1-16H3. The minimum atomic E-state index is -2.80. The molecule has 9 nitrogen and oxygen atoms in total. The molecule has 0 amide bonds. The van der Waals surface area contributed by atoms with Gasteiger partial charge in [-0.25, -0.2) is 0 Å². The molecule has 18 heteroatoms. The summed E-state index contributed by atoms with van der Waals surface area (Å²) in [6.45, 7) is 29.4. The maximum Gasteiger partial charge on any atom is 0.500 e. The van der Waals surface area contributed by atoms with Gasteiger partial charge in [0.1, 0.15) is 0 Å². The Hall–Kier alpha value is 1.59. The van der Waals surface area contributed by atoms with Crippen LogP contribution >= 0.6 is 0 Å². The van der Waals surface area contributed by atoms with Gasteiger partial charge in [0.25, 0.3) is 0 Å². The smallest absolute Gasteiger partial charge is 0.456 e. The molecule has 0 N–H and O–H groups in total. The average molecular weight is 738 g/mol. The number of hydrogen-bond donors (Lipinski definition) is 0. The molecule has 0 aliphatic carbocycles. The predicted octanol–water partition coefficient (Wildman–Crippen LogP) is 6.32. The first-order chi connectivity index (χ1) is 18.4. The summed E-state index contributed by atoms with van der Waals surface area (Å²) < 4.78 is 59.1. The zero-order valence-electron chi connectivity index (χ0n) is 29.3. The summed E-state index contributed by atoms with van der Waals surface area (Å²) in [5, 5.41) is 0. The van der Waals surface area contributed by atoms with Crippen molar-refractivity contribution in [2.45, 2.75) is 121 Å². The van der Waals surface area contributed by atoms with Crippen molar-refractivity contribution in [3.63, 3.8) is 0 Å². The summed E-state index contributed by atoms with van der Waals surface area (Å²) >= 11 is 0. The van der Waals surface area contributed by atoms with Gasteiger partial charge in [-0.1, -0.05) is 6.55 Å². The maximum atomic E-state index is 7.33. The van der Waals surface area contributed by atoms with E-state index in [4.69, 9.17) is 38.3 Å². The fourth-order valence-electron chi connectivity index (χ4n) is 5.67. The molecule has 0 aromatic heterocycles. The first-order valence-corrected chi connectivity index (χ1v) is 39.6. The second-order valence-corrected chi connectivity index (χ2v) is 46.8. The van der Waals surface area contributed by atoms with E-state index in [2.05, 4.69) is 85.1 Å². The third-order valence-electron chi connectivity index (χ3n) is 7.25. The first kappa shape index (κ1) is 40.6. The van der Waals surface area contributed by atoms with Gasteiger partial charge in [0.05, 0.1) is 0 Å². The largest absolute Gasteiger partial charge is 0.500 e. The molecule has 1 fully saturated rings. The Morgan fingerprint density at radius 1 is 0.585 bits per heavy atom. The summed E-state index contributed by atoms with van der Waals surface area (Å²) in [7, 11) is -14.1. The summed E-state index contributed by atoms with van der Waals surface area (Å²) in [5.74, 6) is 0.